The zero-order valence-corrected chi connectivity index (χ0v) is 13.0. The Morgan fingerprint density at radius 1 is 1.32 bits per heavy atom. The van der Waals surface area contributed by atoms with Crippen molar-refractivity contribution in [2.75, 3.05) is 13.7 Å². The van der Waals surface area contributed by atoms with E-state index in [2.05, 4.69) is 6.92 Å². The minimum atomic E-state index is -0.458. The van der Waals surface area contributed by atoms with Crippen LogP contribution in [0, 0.1) is 17.2 Å². The predicted octanol–water partition coefficient (Wildman–Crippen LogP) is 3.07. The van der Waals surface area contributed by atoms with Crippen molar-refractivity contribution in [2.45, 2.75) is 38.7 Å². The number of nitriles is 1. The zero-order valence-electron chi connectivity index (χ0n) is 13.0. The van der Waals surface area contributed by atoms with E-state index in [1.807, 2.05) is 6.07 Å². The van der Waals surface area contributed by atoms with Gasteiger partial charge in [0.25, 0.3) is 0 Å². The molecule has 118 valence electrons. The van der Waals surface area contributed by atoms with Gasteiger partial charge in [0.05, 0.1) is 24.8 Å². The van der Waals surface area contributed by atoms with Gasteiger partial charge in [0.1, 0.15) is 6.61 Å². The van der Waals surface area contributed by atoms with Gasteiger partial charge in [-0.3, -0.25) is 0 Å². The van der Waals surface area contributed by atoms with E-state index in [-0.39, 0.29) is 12.7 Å². The summed E-state index contributed by atoms with van der Waals surface area (Å²) in [5.74, 6) is 0.678. The Kier molecular flexibility index (Phi) is 5.79. The van der Waals surface area contributed by atoms with Gasteiger partial charge in [-0.2, -0.15) is 5.26 Å². The smallest absolute Gasteiger partial charge is 0.337 e. The number of hydrogen-bond acceptors (Lipinski definition) is 5. The lowest BCUT2D eigenvalue weighted by Gasteiger charge is -2.28. The number of esters is 1. The molecule has 0 heterocycles. The van der Waals surface area contributed by atoms with Crippen molar-refractivity contribution in [1.82, 2.24) is 0 Å². The molecule has 1 aliphatic rings. The van der Waals surface area contributed by atoms with Crippen LogP contribution in [-0.2, 0) is 9.53 Å². The second-order valence-corrected chi connectivity index (χ2v) is 5.56. The lowest BCUT2D eigenvalue weighted by molar-refractivity contribution is -0.143. The van der Waals surface area contributed by atoms with E-state index in [1.54, 1.807) is 12.1 Å². The summed E-state index contributed by atoms with van der Waals surface area (Å²) >= 11 is 0. The van der Waals surface area contributed by atoms with Gasteiger partial charge in [-0.15, -0.1) is 0 Å². The first-order chi connectivity index (χ1) is 10.6. The van der Waals surface area contributed by atoms with Crippen LogP contribution in [0.15, 0.2) is 18.2 Å². The summed E-state index contributed by atoms with van der Waals surface area (Å²) in [6.45, 7) is 2.08. The van der Waals surface area contributed by atoms with E-state index < -0.39 is 5.97 Å². The number of nitrogens with zero attached hydrogens (tertiary/aromatic N) is 1. The maximum absolute atomic E-state index is 11.9. The van der Waals surface area contributed by atoms with Crippen LogP contribution in [0.4, 0.5) is 0 Å². The molecule has 0 saturated heterocycles. The SMILES string of the molecule is COc1cc(C#N)ccc1OC(=O)COC1CCCCC1C. The van der Waals surface area contributed by atoms with Crippen LogP contribution in [0.5, 0.6) is 11.5 Å². The Labute approximate surface area is 130 Å². The minimum Gasteiger partial charge on any atom is -0.493 e. The van der Waals surface area contributed by atoms with Gasteiger partial charge >= 0.3 is 5.97 Å². The number of benzene rings is 1. The molecule has 5 nitrogen and oxygen atoms in total. The standard InChI is InChI=1S/C17H21NO4/c1-12-5-3-4-6-14(12)21-11-17(19)22-15-8-7-13(10-18)9-16(15)20-2/h7-9,12,14H,3-6,11H2,1-2H3. The molecule has 0 N–H and O–H groups in total. The Balaban J connectivity index is 1.90. The fourth-order valence-corrected chi connectivity index (χ4v) is 2.68. The Bertz CT molecular complexity index is 564. The monoisotopic (exact) mass is 303 g/mol. The third-order valence-corrected chi connectivity index (χ3v) is 3.96. The van der Waals surface area contributed by atoms with Gasteiger partial charge < -0.3 is 14.2 Å². The summed E-state index contributed by atoms with van der Waals surface area (Å²) < 4.78 is 16.1. The van der Waals surface area contributed by atoms with E-state index in [4.69, 9.17) is 19.5 Å². The molecule has 1 aromatic rings. The maximum Gasteiger partial charge on any atom is 0.337 e. The van der Waals surface area contributed by atoms with Gasteiger partial charge in [0.2, 0.25) is 0 Å². The van der Waals surface area contributed by atoms with Crippen LogP contribution in [-0.4, -0.2) is 25.8 Å². The highest BCUT2D eigenvalue weighted by Gasteiger charge is 2.23. The van der Waals surface area contributed by atoms with Gasteiger partial charge in [-0.25, -0.2) is 4.79 Å². The summed E-state index contributed by atoms with van der Waals surface area (Å²) in [7, 11) is 1.47. The van der Waals surface area contributed by atoms with E-state index in [0.29, 0.717) is 23.0 Å². The Hall–Kier alpha value is -2.06. The summed E-state index contributed by atoms with van der Waals surface area (Å²) in [5, 5.41) is 8.85. The molecule has 0 radical (unpaired) electrons. The zero-order chi connectivity index (χ0) is 15.9. The van der Waals surface area contributed by atoms with Crippen molar-refractivity contribution >= 4 is 5.97 Å². The molecular formula is C17H21NO4. The number of hydrogen-bond donors (Lipinski definition) is 0. The van der Waals surface area contributed by atoms with Gasteiger partial charge in [-0.1, -0.05) is 19.8 Å². The average Bonchev–Trinajstić information content (AvgIpc) is 2.54. The summed E-state index contributed by atoms with van der Waals surface area (Å²) in [6, 6.07) is 6.68. The third kappa shape index (κ3) is 4.22. The summed E-state index contributed by atoms with van der Waals surface area (Å²) in [6.07, 6.45) is 4.64. The first kappa shape index (κ1) is 16.3. The molecule has 2 unspecified atom stereocenters. The molecule has 0 amide bonds. The average molecular weight is 303 g/mol. The van der Waals surface area contributed by atoms with Gasteiger partial charge in [-0.05, 0) is 30.9 Å². The number of methoxy groups -OCH3 is 1. The van der Waals surface area contributed by atoms with Crippen molar-refractivity contribution in [2.24, 2.45) is 5.92 Å². The van der Waals surface area contributed by atoms with Gasteiger partial charge in [0.15, 0.2) is 11.5 Å². The number of carbonyl (C=O) groups excluding carboxylic acids is 1. The van der Waals surface area contributed by atoms with Crippen LogP contribution in [0.25, 0.3) is 0 Å². The molecule has 0 bridgehead atoms. The quantitative estimate of drug-likeness (QED) is 0.617. The van der Waals surface area contributed by atoms with E-state index in [9.17, 15) is 4.79 Å². The van der Waals surface area contributed by atoms with Gasteiger partial charge in [0, 0.05) is 6.07 Å². The van der Waals surface area contributed by atoms with Crippen LogP contribution in [0.3, 0.4) is 0 Å². The van der Waals surface area contributed by atoms with Crippen LogP contribution < -0.4 is 9.47 Å². The minimum absolute atomic E-state index is 0.0713. The van der Waals surface area contributed by atoms with E-state index in [1.165, 1.54) is 19.6 Å². The molecule has 0 aliphatic heterocycles. The lowest BCUT2D eigenvalue weighted by Crippen LogP contribution is -2.29. The molecule has 1 aromatic carbocycles. The highest BCUT2D eigenvalue weighted by Crippen LogP contribution is 2.29. The van der Waals surface area contributed by atoms with Crippen LogP contribution in [0.1, 0.15) is 38.2 Å². The molecule has 1 saturated carbocycles. The predicted molar refractivity (Wildman–Crippen MR) is 80.7 cm³/mol. The molecule has 2 rings (SSSR count). The first-order valence-electron chi connectivity index (χ1n) is 7.54. The molecule has 2 atom stereocenters. The second kappa shape index (κ2) is 7.81. The Morgan fingerprint density at radius 3 is 2.77 bits per heavy atom. The Morgan fingerprint density at radius 2 is 2.09 bits per heavy atom. The van der Waals surface area contributed by atoms with Crippen molar-refractivity contribution < 1.29 is 19.0 Å². The van der Waals surface area contributed by atoms with Crippen molar-refractivity contribution in [1.29, 1.82) is 5.26 Å². The normalized spacial score (nSPS) is 21.0. The van der Waals surface area contributed by atoms with Crippen molar-refractivity contribution in [3.05, 3.63) is 23.8 Å². The van der Waals surface area contributed by atoms with Crippen LogP contribution in [0.2, 0.25) is 0 Å². The third-order valence-electron chi connectivity index (χ3n) is 3.96. The summed E-state index contributed by atoms with van der Waals surface area (Å²) in [5.41, 5.74) is 0.448. The highest BCUT2D eigenvalue weighted by atomic mass is 16.6. The maximum atomic E-state index is 11.9. The van der Waals surface area contributed by atoms with Crippen LogP contribution >= 0.6 is 0 Å². The number of rotatable bonds is 5. The molecule has 0 spiro atoms. The molecule has 1 aliphatic carbocycles. The summed E-state index contributed by atoms with van der Waals surface area (Å²) in [4.78, 5) is 11.9. The van der Waals surface area contributed by atoms with E-state index in [0.717, 1.165) is 19.3 Å². The fraction of sp³-hybridized carbons (Fsp3) is 0.529. The molecule has 1 fully saturated rings. The first-order valence-corrected chi connectivity index (χ1v) is 7.54. The number of ether oxygens (including phenoxy) is 3. The topological polar surface area (TPSA) is 68.5 Å². The van der Waals surface area contributed by atoms with E-state index >= 15 is 0 Å². The molecular weight excluding hydrogens is 282 g/mol. The van der Waals surface area contributed by atoms with Crippen molar-refractivity contribution in [3.8, 4) is 17.6 Å². The highest BCUT2D eigenvalue weighted by molar-refractivity contribution is 5.74. The molecule has 0 aromatic heterocycles. The largest absolute Gasteiger partial charge is 0.493 e. The lowest BCUT2D eigenvalue weighted by atomic mass is 9.88. The molecule has 5 heteroatoms. The fourth-order valence-electron chi connectivity index (χ4n) is 2.68. The molecule has 22 heavy (non-hydrogen) atoms. The van der Waals surface area contributed by atoms with Crippen molar-refractivity contribution in [3.63, 3.8) is 0 Å². The number of carbonyl (C=O) groups is 1. The second-order valence-electron chi connectivity index (χ2n) is 5.56.